The van der Waals surface area contributed by atoms with E-state index in [1.54, 1.807) is 0 Å². The topological polar surface area (TPSA) is 60.0 Å². The van der Waals surface area contributed by atoms with Gasteiger partial charge in [0.25, 0.3) is 0 Å². The van der Waals surface area contributed by atoms with Gasteiger partial charge in [0.2, 0.25) is 0 Å². The second-order valence-electron chi connectivity index (χ2n) is 5.32. The summed E-state index contributed by atoms with van der Waals surface area (Å²) in [7, 11) is 0. The number of fused-ring (bicyclic) bond motifs is 2. The Kier molecular flexibility index (Phi) is 2.88. The summed E-state index contributed by atoms with van der Waals surface area (Å²) in [6.45, 7) is 4.02. The zero-order valence-electron chi connectivity index (χ0n) is 10.4. The molecule has 0 spiro atoms. The fourth-order valence-electron chi connectivity index (χ4n) is 3.40. The van der Waals surface area contributed by atoms with Crippen LogP contribution in [0.25, 0.3) is 0 Å². The first-order valence-electron chi connectivity index (χ1n) is 6.66. The third kappa shape index (κ3) is 1.98. The minimum absolute atomic E-state index is 0.410. The summed E-state index contributed by atoms with van der Waals surface area (Å²) >= 11 is 0. The summed E-state index contributed by atoms with van der Waals surface area (Å²) in [5.74, 6) is 1.10. The summed E-state index contributed by atoms with van der Waals surface area (Å²) in [6.07, 6.45) is 6.73. The van der Waals surface area contributed by atoms with Crippen molar-refractivity contribution in [1.82, 2.24) is 19.7 Å². The van der Waals surface area contributed by atoms with Gasteiger partial charge in [-0.05, 0) is 32.6 Å². The SMILES string of the molecule is CCn1cnnc1CN1C2CCC1CC(N)C2. The van der Waals surface area contributed by atoms with Crippen molar-refractivity contribution in [3.63, 3.8) is 0 Å². The van der Waals surface area contributed by atoms with Crippen molar-refractivity contribution in [2.75, 3.05) is 0 Å². The largest absolute Gasteiger partial charge is 0.328 e. The molecule has 5 heteroatoms. The lowest BCUT2D eigenvalue weighted by molar-refractivity contribution is 0.115. The van der Waals surface area contributed by atoms with Gasteiger partial charge < -0.3 is 10.3 Å². The van der Waals surface area contributed by atoms with E-state index in [0.717, 1.165) is 31.8 Å². The van der Waals surface area contributed by atoms with Gasteiger partial charge in [-0.15, -0.1) is 10.2 Å². The Morgan fingerprint density at radius 2 is 2.06 bits per heavy atom. The second-order valence-corrected chi connectivity index (χ2v) is 5.32. The molecule has 0 saturated carbocycles. The fraction of sp³-hybridized carbons (Fsp3) is 0.833. The molecule has 2 saturated heterocycles. The van der Waals surface area contributed by atoms with Crippen molar-refractivity contribution < 1.29 is 0 Å². The van der Waals surface area contributed by atoms with E-state index in [1.807, 2.05) is 6.33 Å². The third-order valence-electron chi connectivity index (χ3n) is 4.28. The molecule has 94 valence electrons. The molecule has 3 rings (SSSR count). The van der Waals surface area contributed by atoms with E-state index in [1.165, 1.54) is 12.8 Å². The fourth-order valence-corrected chi connectivity index (χ4v) is 3.40. The number of nitrogens with zero attached hydrogens (tertiary/aromatic N) is 4. The van der Waals surface area contributed by atoms with Crippen LogP contribution in [0.4, 0.5) is 0 Å². The van der Waals surface area contributed by atoms with E-state index in [0.29, 0.717) is 18.1 Å². The maximum atomic E-state index is 6.09. The molecule has 0 aromatic carbocycles. The lowest BCUT2D eigenvalue weighted by Gasteiger charge is -2.37. The van der Waals surface area contributed by atoms with E-state index < -0.39 is 0 Å². The smallest absolute Gasteiger partial charge is 0.147 e. The summed E-state index contributed by atoms with van der Waals surface area (Å²) in [6, 6.07) is 1.75. The first-order chi connectivity index (χ1) is 8.28. The quantitative estimate of drug-likeness (QED) is 0.840. The van der Waals surface area contributed by atoms with Gasteiger partial charge in [-0.3, -0.25) is 4.90 Å². The van der Waals surface area contributed by atoms with Gasteiger partial charge in [0.15, 0.2) is 0 Å². The highest BCUT2D eigenvalue weighted by atomic mass is 15.3. The highest BCUT2D eigenvalue weighted by molar-refractivity contribution is 4.99. The molecule has 2 fully saturated rings. The van der Waals surface area contributed by atoms with Gasteiger partial charge in [-0.25, -0.2) is 0 Å². The van der Waals surface area contributed by atoms with Crippen molar-refractivity contribution in [3.05, 3.63) is 12.2 Å². The summed E-state index contributed by atoms with van der Waals surface area (Å²) in [5.41, 5.74) is 6.09. The molecule has 2 atom stereocenters. The molecule has 2 N–H and O–H groups in total. The molecule has 0 amide bonds. The van der Waals surface area contributed by atoms with E-state index in [2.05, 4.69) is 26.6 Å². The normalized spacial score (nSPS) is 33.2. The number of nitrogens with two attached hydrogens (primary N) is 1. The number of aromatic nitrogens is 3. The van der Waals surface area contributed by atoms with Crippen LogP contribution >= 0.6 is 0 Å². The van der Waals surface area contributed by atoms with Crippen molar-refractivity contribution >= 4 is 0 Å². The predicted octanol–water partition coefficient (Wildman–Crippen LogP) is 0.752. The number of piperidine rings is 1. The van der Waals surface area contributed by atoms with Crippen LogP contribution in [-0.4, -0.2) is 37.8 Å². The third-order valence-corrected chi connectivity index (χ3v) is 4.28. The van der Waals surface area contributed by atoms with Crippen molar-refractivity contribution in [3.8, 4) is 0 Å². The van der Waals surface area contributed by atoms with Crippen LogP contribution < -0.4 is 5.73 Å². The Bertz CT molecular complexity index is 374. The van der Waals surface area contributed by atoms with Crippen molar-refractivity contribution in [2.45, 2.75) is 63.8 Å². The number of hydrogen-bond donors (Lipinski definition) is 1. The molecule has 2 aliphatic rings. The lowest BCUT2D eigenvalue weighted by Crippen LogP contribution is -2.47. The van der Waals surface area contributed by atoms with Gasteiger partial charge in [0.05, 0.1) is 6.54 Å². The molecule has 5 nitrogen and oxygen atoms in total. The van der Waals surface area contributed by atoms with Crippen LogP contribution in [0.5, 0.6) is 0 Å². The number of aryl methyl sites for hydroxylation is 1. The van der Waals surface area contributed by atoms with Gasteiger partial charge in [0, 0.05) is 24.7 Å². The monoisotopic (exact) mass is 235 g/mol. The van der Waals surface area contributed by atoms with Crippen LogP contribution in [0.3, 0.4) is 0 Å². The minimum atomic E-state index is 0.410. The Balaban J connectivity index is 1.74. The molecular weight excluding hydrogens is 214 g/mol. The van der Waals surface area contributed by atoms with Crippen LogP contribution in [0, 0.1) is 0 Å². The maximum absolute atomic E-state index is 6.09. The Morgan fingerprint density at radius 1 is 1.35 bits per heavy atom. The average molecular weight is 235 g/mol. The standard InChI is InChI=1S/C12H21N5/c1-2-16-8-14-15-12(16)7-17-10-3-4-11(17)6-9(13)5-10/h8-11H,2-7,13H2,1H3. The Morgan fingerprint density at radius 3 is 2.71 bits per heavy atom. The van der Waals surface area contributed by atoms with Crippen molar-refractivity contribution in [2.24, 2.45) is 5.73 Å². The number of hydrogen-bond acceptors (Lipinski definition) is 4. The van der Waals surface area contributed by atoms with Gasteiger partial charge in [0.1, 0.15) is 12.2 Å². The Labute approximate surface area is 102 Å². The van der Waals surface area contributed by atoms with Crippen LogP contribution in [0.2, 0.25) is 0 Å². The molecule has 17 heavy (non-hydrogen) atoms. The lowest BCUT2D eigenvalue weighted by atomic mass is 9.98. The van der Waals surface area contributed by atoms with E-state index in [9.17, 15) is 0 Å². The summed E-state index contributed by atoms with van der Waals surface area (Å²) in [4.78, 5) is 2.60. The molecule has 2 unspecified atom stereocenters. The summed E-state index contributed by atoms with van der Waals surface area (Å²) < 4.78 is 2.13. The molecule has 2 aliphatic heterocycles. The van der Waals surface area contributed by atoms with Gasteiger partial charge in [-0.1, -0.05) is 0 Å². The van der Waals surface area contributed by atoms with Crippen molar-refractivity contribution in [1.29, 1.82) is 0 Å². The summed E-state index contributed by atoms with van der Waals surface area (Å²) in [5, 5.41) is 8.24. The van der Waals surface area contributed by atoms with Crippen LogP contribution in [0.15, 0.2) is 6.33 Å². The highest BCUT2D eigenvalue weighted by Crippen LogP contribution is 2.35. The number of rotatable bonds is 3. The molecule has 0 aliphatic carbocycles. The minimum Gasteiger partial charge on any atom is -0.328 e. The Hall–Kier alpha value is -0.940. The average Bonchev–Trinajstić information content (AvgIpc) is 2.84. The van der Waals surface area contributed by atoms with Crippen LogP contribution in [-0.2, 0) is 13.1 Å². The van der Waals surface area contributed by atoms with Gasteiger partial charge >= 0.3 is 0 Å². The van der Waals surface area contributed by atoms with E-state index in [4.69, 9.17) is 5.73 Å². The zero-order valence-corrected chi connectivity index (χ0v) is 10.4. The molecule has 2 bridgehead atoms. The maximum Gasteiger partial charge on any atom is 0.147 e. The molecule has 0 radical (unpaired) electrons. The first kappa shape index (κ1) is 11.2. The van der Waals surface area contributed by atoms with Crippen LogP contribution in [0.1, 0.15) is 38.4 Å². The molecule has 1 aromatic heterocycles. The second kappa shape index (κ2) is 4.38. The zero-order chi connectivity index (χ0) is 11.8. The molecule has 1 aromatic rings. The molecular formula is C12H21N5. The predicted molar refractivity (Wildman–Crippen MR) is 65.3 cm³/mol. The molecule has 3 heterocycles. The first-order valence-corrected chi connectivity index (χ1v) is 6.66. The highest BCUT2D eigenvalue weighted by Gasteiger charge is 2.39. The van der Waals surface area contributed by atoms with E-state index in [-0.39, 0.29) is 0 Å². The van der Waals surface area contributed by atoms with E-state index >= 15 is 0 Å². The van der Waals surface area contributed by atoms with Gasteiger partial charge in [-0.2, -0.15) is 0 Å².